The summed E-state index contributed by atoms with van der Waals surface area (Å²) in [6, 6.07) is 13.9. The Morgan fingerprint density at radius 3 is 2.71 bits per heavy atom. The fraction of sp³-hybridized carbons (Fsp3) is 0.143. The van der Waals surface area contributed by atoms with Crippen LogP contribution in [0, 0.1) is 0 Å². The van der Waals surface area contributed by atoms with Crippen LogP contribution in [0.2, 0.25) is 5.02 Å². The van der Waals surface area contributed by atoms with Gasteiger partial charge < -0.3 is 14.8 Å². The summed E-state index contributed by atoms with van der Waals surface area (Å²) in [6.45, 7) is 1.36. The fourth-order valence-electron chi connectivity index (χ4n) is 3.17. The molecule has 158 valence electrons. The number of carbonyl (C=O) groups excluding carboxylic acids is 2. The van der Waals surface area contributed by atoms with Crippen molar-refractivity contribution < 1.29 is 14.1 Å². The molecular formula is C21H19ClN6O3. The van der Waals surface area contributed by atoms with Crippen LogP contribution in [0.3, 0.4) is 0 Å². The van der Waals surface area contributed by atoms with Crippen LogP contribution in [0.4, 0.5) is 6.01 Å². The normalized spacial score (nSPS) is 11.8. The Labute approximate surface area is 182 Å². The molecular weight excluding hydrogens is 420 g/mol. The molecule has 0 saturated carbocycles. The van der Waals surface area contributed by atoms with E-state index in [4.69, 9.17) is 16.1 Å². The zero-order valence-electron chi connectivity index (χ0n) is 16.5. The van der Waals surface area contributed by atoms with Crippen molar-refractivity contribution in [3.8, 4) is 11.4 Å². The van der Waals surface area contributed by atoms with Crippen LogP contribution in [0.25, 0.3) is 22.3 Å². The van der Waals surface area contributed by atoms with Gasteiger partial charge in [-0.25, -0.2) is 5.43 Å². The Bertz CT molecular complexity index is 1220. The third-order valence-corrected chi connectivity index (χ3v) is 4.87. The molecule has 4 N–H and O–H groups in total. The predicted octanol–water partition coefficient (Wildman–Crippen LogP) is 3.06. The number of halogens is 1. The number of hydrogen-bond donors (Lipinski definition) is 4. The van der Waals surface area contributed by atoms with Gasteiger partial charge in [0.05, 0.1) is 0 Å². The molecule has 0 bridgehead atoms. The summed E-state index contributed by atoms with van der Waals surface area (Å²) in [4.78, 5) is 31.7. The zero-order chi connectivity index (χ0) is 21.8. The first-order valence-corrected chi connectivity index (χ1v) is 9.85. The molecule has 9 nitrogen and oxygen atoms in total. The highest BCUT2D eigenvalue weighted by Gasteiger charge is 2.22. The molecule has 1 unspecified atom stereocenters. The Balaban J connectivity index is 1.43. The molecule has 4 aromatic rings. The van der Waals surface area contributed by atoms with E-state index in [0.29, 0.717) is 22.8 Å². The van der Waals surface area contributed by atoms with E-state index in [9.17, 15) is 9.59 Å². The number of H-pyrrole nitrogens is 1. The van der Waals surface area contributed by atoms with Crippen LogP contribution in [0.1, 0.15) is 12.5 Å². The predicted molar refractivity (Wildman–Crippen MR) is 116 cm³/mol. The van der Waals surface area contributed by atoms with Crippen LogP contribution in [0.5, 0.6) is 0 Å². The molecule has 2 aromatic carbocycles. The molecule has 0 radical (unpaired) electrons. The Morgan fingerprint density at radius 2 is 1.94 bits per heavy atom. The molecule has 4 rings (SSSR count). The Morgan fingerprint density at radius 1 is 1.16 bits per heavy atom. The van der Waals surface area contributed by atoms with Gasteiger partial charge in [-0.05, 0) is 35.9 Å². The largest absolute Gasteiger partial charge is 0.361 e. The number of hydrogen-bond acceptors (Lipinski definition) is 6. The van der Waals surface area contributed by atoms with E-state index >= 15 is 0 Å². The second-order valence-corrected chi connectivity index (χ2v) is 7.30. The number of anilines is 1. The molecule has 31 heavy (non-hydrogen) atoms. The maximum atomic E-state index is 12.7. The van der Waals surface area contributed by atoms with Gasteiger partial charge in [0.1, 0.15) is 6.04 Å². The van der Waals surface area contributed by atoms with Crippen LogP contribution in [-0.2, 0) is 16.0 Å². The van der Waals surface area contributed by atoms with Gasteiger partial charge >= 0.3 is 6.01 Å². The molecule has 2 heterocycles. The van der Waals surface area contributed by atoms with Gasteiger partial charge in [0, 0.05) is 41.0 Å². The maximum Gasteiger partial charge on any atom is 0.340 e. The first-order valence-electron chi connectivity index (χ1n) is 9.47. The van der Waals surface area contributed by atoms with Crippen molar-refractivity contribution in [2.24, 2.45) is 0 Å². The van der Waals surface area contributed by atoms with E-state index < -0.39 is 11.9 Å². The summed E-state index contributed by atoms with van der Waals surface area (Å²) in [5.74, 6) is -0.430. The second kappa shape index (κ2) is 8.88. The van der Waals surface area contributed by atoms with Crippen LogP contribution in [0.15, 0.2) is 59.3 Å². The minimum absolute atomic E-state index is 0.00645. The number of fused-ring (bicyclic) bond motifs is 1. The summed E-state index contributed by atoms with van der Waals surface area (Å²) >= 11 is 5.88. The molecule has 0 aliphatic rings. The summed E-state index contributed by atoms with van der Waals surface area (Å²) < 4.78 is 5.11. The number of hydrazine groups is 1. The van der Waals surface area contributed by atoms with Crippen molar-refractivity contribution >= 4 is 40.3 Å². The number of aromatic nitrogens is 3. The number of nitrogens with zero attached hydrogens (tertiary/aromatic N) is 2. The molecule has 0 saturated heterocycles. The Hall–Kier alpha value is -3.85. The maximum absolute atomic E-state index is 12.7. The highest BCUT2D eigenvalue weighted by atomic mass is 35.5. The van der Waals surface area contributed by atoms with E-state index in [1.807, 2.05) is 30.5 Å². The minimum Gasteiger partial charge on any atom is -0.361 e. The third-order valence-electron chi connectivity index (χ3n) is 4.61. The van der Waals surface area contributed by atoms with Crippen LogP contribution < -0.4 is 16.2 Å². The fourth-order valence-corrected chi connectivity index (χ4v) is 3.29. The summed E-state index contributed by atoms with van der Waals surface area (Å²) in [5.41, 5.74) is 7.68. The molecule has 10 heteroatoms. The van der Waals surface area contributed by atoms with E-state index in [1.54, 1.807) is 24.3 Å². The van der Waals surface area contributed by atoms with Crippen LogP contribution in [-0.4, -0.2) is 33.0 Å². The highest BCUT2D eigenvalue weighted by molar-refractivity contribution is 6.30. The molecule has 0 aliphatic carbocycles. The van der Waals surface area contributed by atoms with Crippen molar-refractivity contribution in [3.05, 3.63) is 65.3 Å². The van der Waals surface area contributed by atoms with Gasteiger partial charge in [-0.15, -0.1) is 0 Å². The summed E-state index contributed by atoms with van der Waals surface area (Å²) in [6.07, 6.45) is 2.13. The van der Waals surface area contributed by atoms with Gasteiger partial charge in [0.25, 0.3) is 5.91 Å². The second-order valence-electron chi connectivity index (χ2n) is 6.86. The standard InChI is InChI=1S/C21H19ClN6O3/c1-12(29)24-18(10-14-11-23-17-5-3-2-4-16(14)17)20(30)26-27-21-25-19(28-31-21)13-6-8-15(22)9-7-13/h2-9,11,18,23H,10H2,1H3,(H,24,29)(H,26,30)(H,25,27,28). The third kappa shape index (κ3) is 4.84. The smallest absolute Gasteiger partial charge is 0.340 e. The minimum atomic E-state index is -0.803. The average molecular weight is 439 g/mol. The van der Waals surface area contributed by atoms with Crippen molar-refractivity contribution in [2.75, 3.05) is 5.43 Å². The number of amides is 2. The quantitative estimate of drug-likeness (QED) is 0.329. The monoisotopic (exact) mass is 438 g/mol. The van der Waals surface area contributed by atoms with Gasteiger partial charge in [0.2, 0.25) is 11.7 Å². The van der Waals surface area contributed by atoms with E-state index in [0.717, 1.165) is 16.5 Å². The molecule has 2 amide bonds. The van der Waals surface area contributed by atoms with E-state index in [-0.39, 0.29) is 11.9 Å². The zero-order valence-corrected chi connectivity index (χ0v) is 17.2. The molecule has 2 aromatic heterocycles. The average Bonchev–Trinajstić information content (AvgIpc) is 3.39. The molecule has 0 fully saturated rings. The molecule has 0 aliphatic heterocycles. The highest BCUT2D eigenvalue weighted by Crippen LogP contribution is 2.20. The first kappa shape index (κ1) is 20.4. The van der Waals surface area contributed by atoms with Crippen molar-refractivity contribution in [1.82, 2.24) is 25.9 Å². The Kier molecular flexibility index (Phi) is 5.85. The lowest BCUT2D eigenvalue weighted by Gasteiger charge is -2.17. The lowest BCUT2D eigenvalue weighted by atomic mass is 10.0. The van der Waals surface area contributed by atoms with Gasteiger partial charge in [-0.1, -0.05) is 35.0 Å². The number of rotatable bonds is 7. The summed E-state index contributed by atoms with van der Waals surface area (Å²) in [5, 5.41) is 8.12. The lowest BCUT2D eigenvalue weighted by Crippen LogP contribution is -2.49. The van der Waals surface area contributed by atoms with Gasteiger partial charge in [-0.3, -0.25) is 15.0 Å². The number of para-hydroxylation sites is 1. The lowest BCUT2D eigenvalue weighted by molar-refractivity contribution is -0.127. The molecule has 1 atom stereocenters. The SMILES string of the molecule is CC(=O)NC(Cc1c[nH]c2ccccc12)C(=O)NNc1nc(-c2ccc(Cl)cc2)no1. The van der Waals surface area contributed by atoms with Crippen molar-refractivity contribution in [1.29, 1.82) is 0 Å². The van der Waals surface area contributed by atoms with Crippen molar-refractivity contribution in [2.45, 2.75) is 19.4 Å². The number of benzene rings is 2. The van der Waals surface area contributed by atoms with E-state index in [2.05, 4.69) is 31.3 Å². The number of aromatic amines is 1. The number of nitrogens with one attached hydrogen (secondary N) is 4. The number of carbonyl (C=O) groups is 2. The van der Waals surface area contributed by atoms with Gasteiger partial charge in [-0.2, -0.15) is 4.98 Å². The topological polar surface area (TPSA) is 125 Å². The van der Waals surface area contributed by atoms with Crippen molar-refractivity contribution in [3.63, 3.8) is 0 Å². The first-order chi connectivity index (χ1) is 15.0. The van der Waals surface area contributed by atoms with E-state index in [1.165, 1.54) is 6.92 Å². The van der Waals surface area contributed by atoms with Gasteiger partial charge in [0.15, 0.2) is 0 Å². The summed E-state index contributed by atoms with van der Waals surface area (Å²) in [7, 11) is 0. The molecule has 0 spiro atoms. The van der Waals surface area contributed by atoms with Crippen LogP contribution >= 0.6 is 11.6 Å².